The van der Waals surface area contributed by atoms with Crippen LogP contribution in [-0.4, -0.2) is 24.8 Å². The van der Waals surface area contributed by atoms with Gasteiger partial charge in [-0.1, -0.05) is 41.4 Å². The molecule has 3 aromatic rings. The summed E-state index contributed by atoms with van der Waals surface area (Å²) in [7, 11) is 1.62. The van der Waals surface area contributed by atoms with E-state index in [4.69, 9.17) is 32.7 Å². The number of ether oxygens (including phenoxy) is 2. The smallest absolute Gasteiger partial charge is 0.335 e. The summed E-state index contributed by atoms with van der Waals surface area (Å²) in [6.07, 6.45) is 0.591. The van der Waals surface area contributed by atoms with E-state index in [0.717, 1.165) is 28.0 Å². The maximum absolute atomic E-state index is 11.4. The molecule has 29 heavy (non-hydrogen) atoms. The number of rotatable bonds is 7. The SMILES string of the molecule is COc1ccc(-c2cccc(C(=O)O)c2C)cc1CCOc1ccc(Cl)cc1Cl. The lowest BCUT2D eigenvalue weighted by atomic mass is 9.94. The van der Waals surface area contributed by atoms with Gasteiger partial charge in [0.15, 0.2) is 0 Å². The largest absolute Gasteiger partial charge is 0.496 e. The van der Waals surface area contributed by atoms with E-state index in [1.54, 1.807) is 37.4 Å². The molecular formula is C23H20Cl2O4. The van der Waals surface area contributed by atoms with Crippen molar-refractivity contribution >= 4 is 29.2 Å². The van der Waals surface area contributed by atoms with Crippen molar-refractivity contribution in [3.05, 3.63) is 81.3 Å². The molecule has 0 amide bonds. The Kier molecular flexibility index (Phi) is 6.68. The highest BCUT2D eigenvalue weighted by Crippen LogP contribution is 2.31. The number of aromatic carboxylic acids is 1. The van der Waals surface area contributed by atoms with Crippen LogP contribution >= 0.6 is 23.2 Å². The fourth-order valence-electron chi connectivity index (χ4n) is 3.18. The lowest BCUT2D eigenvalue weighted by Crippen LogP contribution is -2.04. The molecule has 0 saturated heterocycles. The second kappa shape index (κ2) is 9.21. The third kappa shape index (κ3) is 4.84. The number of carbonyl (C=O) groups is 1. The number of carboxylic acid groups (broad SMARTS) is 1. The molecule has 0 aromatic heterocycles. The van der Waals surface area contributed by atoms with Crippen LogP contribution in [0.15, 0.2) is 54.6 Å². The quantitative estimate of drug-likeness (QED) is 0.477. The molecule has 0 saturated carbocycles. The van der Waals surface area contributed by atoms with Crippen LogP contribution in [-0.2, 0) is 6.42 Å². The first-order valence-electron chi connectivity index (χ1n) is 8.98. The summed E-state index contributed by atoms with van der Waals surface area (Å²) >= 11 is 12.1. The average molecular weight is 431 g/mol. The number of hydrogen-bond donors (Lipinski definition) is 1. The molecule has 150 valence electrons. The van der Waals surface area contributed by atoms with E-state index in [0.29, 0.717) is 34.4 Å². The van der Waals surface area contributed by atoms with Crippen molar-refractivity contribution in [2.24, 2.45) is 0 Å². The molecule has 0 bridgehead atoms. The summed E-state index contributed by atoms with van der Waals surface area (Å²) in [6.45, 7) is 2.21. The van der Waals surface area contributed by atoms with Crippen molar-refractivity contribution in [1.29, 1.82) is 0 Å². The normalized spacial score (nSPS) is 10.6. The first-order chi connectivity index (χ1) is 13.9. The van der Waals surface area contributed by atoms with Crippen LogP contribution in [0.1, 0.15) is 21.5 Å². The van der Waals surface area contributed by atoms with E-state index in [9.17, 15) is 9.90 Å². The van der Waals surface area contributed by atoms with E-state index >= 15 is 0 Å². The van der Waals surface area contributed by atoms with Gasteiger partial charge in [0.05, 0.1) is 24.3 Å². The Morgan fingerprint density at radius 2 is 1.79 bits per heavy atom. The van der Waals surface area contributed by atoms with Gasteiger partial charge in [0, 0.05) is 11.4 Å². The molecule has 0 aliphatic carbocycles. The zero-order valence-electron chi connectivity index (χ0n) is 16.0. The maximum atomic E-state index is 11.4. The molecule has 0 radical (unpaired) electrons. The van der Waals surface area contributed by atoms with Gasteiger partial charge in [0.2, 0.25) is 0 Å². The Hall–Kier alpha value is -2.69. The molecular weight excluding hydrogens is 411 g/mol. The summed E-state index contributed by atoms with van der Waals surface area (Å²) in [5.41, 5.74) is 3.76. The molecule has 0 unspecified atom stereocenters. The summed E-state index contributed by atoms with van der Waals surface area (Å²) in [5.74, 6) is 0.370. The number of carboxylic acids is 1. The maximum Gasteiger partial charge on any atom is 0.335 e. The van der Waals surface area contributed by atoms with Crippen molar-refractivity contribution in [1.82, 2.24) is 0 Å². The monoisotopic (exact) mass is 430 g/mol. The van der Waals surface area contributed by atoms with Crippen LogP contribution in [0.25, 0.3) is 11.1 Å². The molecule has 6 heteroatoms. The Balaban J connectivity index is 1.84. The third-order valence-corrected chi connectivity index (χ3v) is 5.21. The van der Waals surface area contributed by atoms with E-state index in [1.165, 1.54) is 0 Å². The fourth-order valence-corrected chi connectivity index (χ4v) is 3.65. The van der Waals surface area contributed by atoms with Gasteiger partial charge < -0.3 is 14.6 Å². The zero-order chi connectivity index (χ0) is 21.0. The topological polar surface area (TPSA) is 55.8 Å². The molecule has 3 rings (SSSR count). The molecule has 0 heterocycles. The molecule has 0 aliphatic rings. The van der Waals surface area contributed by atoms with Crippen molar-refractivity contribution in [3.8, 4) is 22.6 Å². The minimum Gasteiger partial charge on any atom is -0.496 e. The standard InChI is InChI=1S/C23H20Cl2O4/c1-14-18(4-3-5-19(14)23(26)27)15-6-8-21(28-2)16(12-15)10-11-29-22-9-7-17(24)13-20(22)25/h3-9,12-13H,10-11H2,1-2H3,(H,26,27). The zero-order valence-corrected chi connectivity index (χ0v) is 17.6. The summed E-state index contributed by atoms with van der Waals surface area (Å²) in [6, 6.07) is 16.2. The lowest BCUT2D eigenvalue weighted by Gasteiger charge is -2.14. The molecule has 0 aliphatic heterocycles. The Labute approximate surface area is 179 Å². The van der Waals surface area contributed by atoms with Crippen LogP contribution in [0.5, 0.6) is 11.5 Å². The first-order valence-corrected chi connectivity index (χ1v) is 9.74. The predicted octanol–water partition coefficient (Wildman–Crippen LogP) is 6.30. The van der Waals surface area contributed by atoms with Crippen LogP contribution < -0.4 is 9.47 Å². The highest BCUT2D eigenvalue weighted by Gasteiger charge is 2.13. The van der Waals surface area contributed by atoms with Gasteiger partial charge in [-0.15, -0.1) is 0 Å². The molecule has 0 fully saturated rings. The van der Waals surface area contributed by atoms with Gasteiger partial charge in [0.25, 0.3) is 0 Å². The average Bonchev–Trinajstić information content (AvgIpc) is 2.69. The van der Waals surface area contributed by atoms with Gasteiger partial charge in [0.1, 0.15) is 11.5 Å². The highest BCUT2D eigenvalue weighted by molar-refractivity contribution is 6.35. The van der Waals surface area contributed by atoms with Gasteiger partial charge in [-0.2, -0.15) is 0 Å². The summed E-state index contributed by atoms with van der Waals surface area (Å²) < 4.78 is 11.3. The Morgan fingerprint density at radius 3 is 2.48 bits per heavy atom. The third-order valence-electron chi connectivity index (χ3n) is 4.68. The second-order valence-electron chi connectivity index (χ2n) is 6.48. The van der Waals surface area contributed by atoms with Crippen molar-refractivity contribution in [3.63, 3.8) is 0 Å². The highest BCUT2D eigenvalue weighted by atomic mass is 35.5. The van der Waals surface area contributed by atoms with E-state index in [1.807, 2.05) is 31.2 Å². The van der Waals surface area contributed by atoms with E-state index in [2.05, 4.69) is 0 Å². The minimum absolute atomic E-state index is 0.292. The second-order valence-corrected chi connectivity index (χ2v) is 7.33. The minimum atomic E-state index is -0.939. The van der Waals surface area contributed by atoms with Gasteiger partial charge in [-0.3, -0.25) is 0 Å². The van der Waals surface area contributed by atoms with Gasteiger partial charge >= 0.3 is 5.97 Å². The molecule has 0 spiro atoms. The van der Waals surface area contributed by atoms with Crippen LogP contribution in [0.3, 0.4) is 0 Å². The Bertz CT molecular complexity index is 1050. The lowest BCUT2D eigenvalue weighted by molar-refractivity contribution is 0.0696. The predicted molar refractivity (Wildman–Crippen MR) is 116 cm³/mol. The molecule has 1 N–H and O–H groups in total. The van der Waals surface area contributed by atoms with Crippen molar-refractivity contribution < 1.29 is 19.4 Å². The molecule has 3 aromatic carbocycles. The summed E-state index contributed by atoms with van der Waals surface area (Å²) in [5, 5.41) is 10.4. The van der Waals surface area contributed by atoms with Crippen LogP contribution in [0, 0.1) is 6.92 Å². The number of benzene rings is 3. The van der Waals surface area contributed by atoms with Crippen LogP contribution in [0.4, 0.5) is 0 Å². The van der Waals surface area contributed by atoms with Crippen LogP contribution in [0.2, 0.25) is 10.0 Å². The van der Waals surface area contributed by atoms with E-state index < -0.39 is 5.97 Å². The Morgan fingerprint density at radius 1 is 1.03 bits per heavy atom. The molecule has 0 atom stereocenters. The van der Waals surface area contributed by atoms with Gasteiger partial charge in [-0.05, 0) is 65.6 Å². The number of hydrogen-bond acceptors (Lipinski definition) is 3. The summed E-state index contributed by atoms with van der Waals surface area (Å²) in [4.78, 5) is 11.4. The fraction of sp³-hybridized carbons (Fsp3) is 0.174. The number of methoxy groups -OCH3 is 1. The number of halogens is 2. The van der Waals surface area contributed by atoms with Crippen molar-refractivity contribution in [2.45, 2.75) is 13.3 Å². The van der Waals surface area contributed by atoms with E-state index in [-0.39, 0.29) is 0 Å². The van der Waals surface area contributed by atoms with Crippen molar-refractivity contribution in [2.75, 3.05) is 13.7 Å². The van der Waals surface area contributed by atoms with Gasteiger partial charge in [-0.25, -0.2) is 4.79 Å². The molecule has 4 nitrogen and oxygen atoms in total. The first kappa shape index (κ1) is 21.0.